The molecule has 1 heterocycles. The molecule has 0 saturated carbocycles. The highest BCUT2D eigenvalue weighted by Gasteiger charge is 2.29. The number of hydrogen-bond donors (Lipinski definition) is 1. The van der Waals surface area contributed by atoms with Gasteiger partial charge in [-0.05, 0) is 53.6 Å². The molecule has 0 aliphatic carbocycles. The number of sulfonamides is 1. The van der Waals surface area contributed by atoms with Gasteiger partial charge in [0.15, 0.2) is 0 Å². The van der Waals surface area contributed by atoms with Crippen molar-refractivity contribution >= 4 is 43.8 Å². The lowest BCUT2D eigenvalue weighted by Crippen LogP contribution is -2.34. The standard InChI is InChI=1S/C28H27ClN2O2S/c1-2-34(32,33)30-28-25-11-7-6-10-21(25)12-14-26(28)23-16-22-17-24(29)13-15-27(22)31(19-23)18-20-8-4-3-5-9-20/h3-15,17,23,30H,2,16,18-19H2,1H3. The van der Waals surface area contributed by atoms with E-state index in [1.165, 1.54) is 16.8 Å². The summed E-state index contributed by atoms with van der Waals surface area (Å²) >= 11 is 6.38. The van der Waals surface area contributed by atoms with Crippen LogP contribution in [0.25, 0.3) is 10.8 Å². The average Bonchev–Trinajstić information content (AvgIpc) is 2.84. The predicted octanol–water partition coefficient (Wildman–Crippen LogP) is 6.60. The van der Waals surface area contributed by atoms with Gasteiger partial charge in [-0.1, -0.05) is 78.3 Å². The molecule has 174 valence electrons. The van der Waals surface area contributed by atoms with E-state index in [1.807, 2.05) is 42.5 Å². The number of benzene rings is 4. The summed E-state index contributed by atoms with van der Waals surface area (Å²) in [5, 5.41) is 2.65. The minimum Gasteiger partial charge on any atom is -0.366 e. The molecular formula is C28H27ClN2O2S. The quantitative estimate of drug-likeness (QED) is 0.331. The van der Waals surface area contributed by atoms with Crippen LogP contribution in [-0.4, -0.2) is 20.7 Å². The number of halogens is 1. The maximum Gasteiger partial charge on any atom is 0.232 e. The highest BCUT2D eigenvalue weighted by Crippen LogP contribution is 2.41. The Balaban J connectivity index is 1.61. The van der Waals surface area contributed by atoms with Gasteiger partial charge in [-0.15, -0.1) is 0 Å². The molecule has 4 aromatic rings. The van der Waals surface area contributed by atoms with Crippen molar-refractivity contribution < 1.29 is 8.42 Å². The van der Waals surface area contributed by atoms with Crippen LogP contribution in [0.4, 0.5) is 11.4 Å². The lowest BCUT2D eigenvalue weighted by atomic mass is 9.85. The maximum atomic E-state index is 12.7. The fourth-order valence-electron chi connectivity index (χ4n) is 4.85. The molecule has 0 bridgehead atoms. The summed E-state index contributed by atoms with van der Waals surface area (Å²) in [6.45, 7) is 3.21. The van der Waals surface area contributed by atoms with E-state index in [9.17, 15) is 8.42 Å². The van der Waals surface area contributed by atoms with E-state index in [2.05, 4.69) is 52.1 Å². The molecular weight excluding hydrogens is 464 g/mol. The highest BCUT2D eigenvalue weighted by atomic mass is 35.5. The van der Waals surface area contributed by atoms with Crippen molar-refractivity contribution in [2.24, 2.45) is 0 Å². The largest absolute Gasteiger partial charge is 0.366 e. The first-order valence-corrected chi connectivity index (χ1v) is 13.6. The zero-order chi connectivity index (χ0) is 23.7. The third kappa shape index (κ3) is 4.63. The van der Waals surface area contributed by atoms with Crippen molar-refractivity contribution in [2.45, 2.75) is 25.8 Å². The van der Waals surface area contributed by atoms with Crippen LogP contribution in [0.3, 0.4) is 0 Å². The number of fused-ring (bicyclic) bond motifs is 2. The van der Waals surface area contributed by atoms with Crippen molar-refractivity contribution in [3.8, 4) is 0 Å². The van der Waals surface area contributed by atoms with E-state index in [-0.39, 0.29) is 11.7 Å². The number of nitrogens with zero attached hydrogens (tertiary/aromatic N) is 1. The summed E-state index contributed by atoms with van der Waals surface area (Å²) in [4.78, 5) is 2.38. The fraction of sp³-hybridized carbons (Fsp3) is 0.214. The Morgan fingerprint density at radius 1 is 0.971 bits per heavy atom. The highest BCUT2D eigenvalue weighted by molar-refractivity contribution is 7.92. The smallest absolute Gasteiger partial charge is 0.232 e. The van der Waals surface area contributed by atoms with E-state index in [4.69, 9.17) is 11.6 Å². The van der Waals surface area contributed by atoms with Gasteiger partial charge < -0.3 is 4.90 Å². The Kier molecular flexibility index (Phi) is 6.24. The molecule has 1 N–H and O–H groups in total. The first kappa shape index (κ1) is 22.8. The number of rotatable bonds is 6. The van der Waals surface area contributed by atoms with Crippen LogP contribution < -0.4 is 9.62 Å². The Bertz CT molecular complexity index is 1440. The van der Waals surface area contributed by atoms with Crippen molar-refractivity contribution in [3.63, 3.8) is 0 Å². The zero-order valence-corrected chi connectivity index (χ0v) is 20.6. The van der Waals surface area contributed by atoms with Crippen LogP contribution in [0.15, 0.2) is 84.9 Å². The number of nitrogens with one attached hydrogen (secondary N) is 1. The van der Waals surface area contributed by atoms with Crippen LogP contribution in [0.5, 0.6) is 0 Å². The number of hydrogen-bond acceptors (Lipinski definition) is 3. The van der Waals surface area contributed by atoms with Crippen molar-refractivity contribution in [3.05, 3.63) is 107 Å². The lowest BCUT2D eigenvalue weighted by molar-refractivity contribution is 0.600. The third-order valence-corrected chi connectivity index (χ3v) is 8.05. The van der Waals surface area contributed by atoms with Crippen molar-refractivity contribution in [2.75, 3.05) is 21.9 Å². The Labute approximate surface area is 206 Å². The summed E-state index contributed by atoms with van der Waals surface area (Å²) in [5.41, 5.74) is 5.29. The molecule has 1 aliphatic rings. The molecule has 0 radical (unpaired) electrons. The van der Waals surface area contributed by atoms with Gasteiger partial charge in [0.25, 0.3) is 0 Å². The van der Waals surface area contributed by atoms with Gasteiger partial charge in [-0.25, -0.2) is 8.42 Å². The van der Waals surface area contributed by atoms with Crippen LogP contribution >= 0.6 is 11.6 Å². The lowest BCUT2D eigenvalue weighted by Gasteiger charge is -2.37. The Hall–Kier alpha value is -3.02. The molecule has 4 nitrogen and oxygen atoms in total. The van der Waals surface area contributed by atoms with Crippen molar-refractivity contribution in [1.82, 2.24) is 0 Å². The SMILES string of the molecule is CCS(=O)(=O)Nc1c(C2Cc3cc(Cl)ccc3N(Cc3ccccc3)C2)ccc2ccccc12. The zero-order valence-electron chi connectivity index (χ0n) is 19.0. The fourth-order valence-corrected chi connectivity index (χ4v) is 5.73. The average molecular weight is 491 g/mol. The second-order valence-electron chi connectivity index (χ2n) is 8.80. The molecule has 4 aromatic carbocycles. The molecule has 5 rings (SSSR count). The molecule has 1 atom stereocenters. The van der Waals surface area contributed by atoms with Gasteiger partial charge in [-0.2, -0.15) is 0 Å². The van der Waals surface area contributed by atoms with Gasteiger partial charge in [0.2, 0.25) is 10.0 Å². The van der Waals surface area contributed by atoms with Gasteiger partial charge in [0, 0.05) is 35.1 Å². The summed E-state index contributed by atoms with van der Waals surface area (Å²) < 4.78 is 28.2. The van der Waals surface area contributed by atoms with Gasteiger partial charge in [0.1, 0.15) is 0 Å². The van der Waals surface area contributed by atoms with Gasteiger partial charge in [0.05, 0.1) is 11.4 Å². The van der Waals surface area contributed by atoms with Crippen LogP contribution in [0.1, 0.15) is 29.5 Å². The Morgan fingerprint density at radius 3 is 2.53 bits per heavy atom. The molecule has 0 aromatic heterocycles. The van der Waals surface area contributed by atoms with Gasteiger partial charge in [-0.3, -0.25) is 4.72 Å². The normalized spacial score (nSPS) is 15.8. The molecule has 1 unspecified atom stereocenters. The Morgan fingerprint density at radius 2 is 1.74 bits per heavy atom. The summed E-state index contributed by atoms with van der Waals surface area (Å²) in [6, 6.07) is 28.6. The minimum absolute atomic E-state index is 0.0267. The van der Waals surface area contributed by atoms with Gasteiger partial charge >= 0.3 is 0 Å². The second kappa shape index (κ2) is 9.32. The molecule has 6 heteroatoms. The molecule has 34 heavy (non-hydrogen) atoms. The second-order valence-corrected chi connectivity index (χ2v) is 11.2. The third-order valence-electron chi connectivity index (χ3n) is 6.54. The summed E-state index contributed by atoms with van der Waals surface area (Å²) in [6.07, 6.45) is 0.792. The van der Waals surface area contributed by atoms with Crippen LogP contribution in [-0.2, 0) is 23.0 Å². The van der Waals surface area contributed by atoms with Crippen molar-refractivity contribution in [1.29, 1.82) is 0 Å². The van der Waals surface area contributed by atoms with E-state index >= 15 is 0 Å². The number of anilines is 2. The van der Waals surface area contributed by atoms with E-state index in [0.29, 0.717) is 10.7 Å². The molecule has 0 amide bonds. The molecule has 0 fully saturated rings. The molecule has 0 saturated heterocycles. The topological polar surface area (TPSA) is 49.4 Å². The van der Waals surface area contributed by atoms with E-state index in [1.54, 1.807) is 6.92 Å². The van der Waals surface area contributed by atoms with Crippen LogP contribution in [0, 0.1) is 0 Å². The minimum atomic E-state index is -3.44. The maximum absolute atomic E-state index is 12.7. The monoisotopic (exact) mass is 490 g/mol. The molecule has 0 spiro atoms. The predicted molar refractivity (Wildman–Crippen MR) is 142 cm³/mol. The summed E-state index contributed by atoms with van der Waals surface area (Å²) in [5.74, 6) is 0.132. The van der Waals surface area contributed by atoms with Crippen LogP contribution in [0.2, 0.25) is 5.02 Å². The molecule has 1 aliphatic heterocycles. The first-order chi connectivity index (χ1) is 16.4. The first-order valence-electron chi connectivity index (χ1n) is 11.5. The van der Waals surface area contributed by atoms with E-state index in [0.717, 1.165) is 35.8 Å². The van der Waals surface area contributed by atoms with E-state index < -0.39 is 10.0 Å². The summed E-state index contributed by atoms with van der Waals surface area (Å²) in [7, 11) is -3.44.